The minimum absolute atomic E-state index is 0.269. The molecule has 0 aliphatic heterocycles. The molecule has 16 heavy (non-hydrogen) atoms. The van der Waals surface area contributed by atoms with Crippen molar-refractivity contribution in [3.63, 3.8) is 0 Å². The van der Waals surface area contributed by atoms with Gasteiger partial charge in [-0.3, -0.25) is 0 Å². The quantitative estimate of drug-likeness (QED) is 0.840. The van der Waals surface area contributed by atoms with Gasteiger partial charge in [0.05, 0.1) is 12.0 Å². The van der Waals surface area contributed by atoms with Crippen LogP contribution in [0.3, 0.4) is 0 Å². The van der Waals surface area contributed by atoms with E-state index in [0.29, 0.717) is 0 Å². The maximum Gasteiger partial charge on any atom is 0.446 e. The number of methoxy groups -OCH3 is 1. The van der Waals surface area contributed by atoms with E-state index in [0.717, 1.165) is 13.2 Å². The Kier molecular flexibility index (Phi) is 3.69. The predicted molar refractivity (Wildman–Crippen MR) is 51.9 cm³/mol. The van der Waals surface area contributed by atoms with Crippen molar-refractivity contribution in [1.29, 1.82) is 0 Å². The molecule has 1 N–H and O–H groups in total. The van der Waals surface area contributed by atoms with Crippen LogP contribution in [-0.4, -0.2) is 23.7 Å². The number of alkyl halides is 3. The average Bonchev–Trinajstić information content (AvgIpc) is 2.14. The van der Waals surface area contributed by atoms with Crippen LogP contribution in [0.15, 0.2) is 23.1 Å². The molecule has 0 radical (unpaired) electrons. The number of rotatable bonds is 3. The molecule has 0 aliphatic rings. The molecule has 1 rings (SSSR count). The van der Waals surface area contributed by atoms with E-state index in [1.807, 2.05) is 0 Å². The van der Waals surface area contributed by atoms with Crippen LogP contribution < -0.4 is 4.74 Å². The predicted octanol–water partition coefficient (Wildman–Crippen LogP) is 3.01. The summed E-state index contributed by atoms with van der Waals surface area (Å²) in [6.07, 6.45) is 0. The third-order valence-corrected chi connectivity index (χ3v) is 2.41. The molecule has 1 aromatic rings. The summed E-state index contributed by atoms with van der Waals surface area (Å²) in [5, 5.41) is 8.75. The zero-order chi connectivity index (χ0) is 12.3. The number of carbonyl (C=O) groups is 1. The summed E-state index contributed by atoms with van der Waals surface area (Å²) in [6, 6.07) is 3.57. The zero-order valence-corrected chi connectivity index (χ0v) is 8.85. The highest BCUT2D eigenvalue weighted by atomic mass is 32.2. The van der Waals surface area contributed by atoms with Crippen LogP contribution >= 0.6 is 11.8 Å². The minimum atomic E-state index is -4.48. The Labute approximate surface area is 93.2 Å². The standard InChI is InChI=1S/C9H7F3O3S/c1-15-7-5(8(13)14)3-2-4-6(7)16-9(10,11)12/h2-4H,1H3,(H,13,14). The summed E-state index contributed by atoms with van der Waals surface area (Å²) < 4.78 is 41.1. The molecule has 0 saturated carbocycles. The first-order chi connectivity index (χ1) is 7.35. The fourth-order valence-corrected chi connectivity index (χ4v) is 1.78. The molecule has 1 aromatic carbocycles. The number of benzene rings is 1. The Hall–Kier alpha value is -1.37. The number of para-hydroxylation sites is 1. The number of hydrogen-bond acceptors (Lipinski definition) is 3. The van der Waals surface area contributed by atoms with Crippen molar-refractivity contribution in [2.75, 3.05) is 7.11 Å². The van der Waals surface area contributed by atoms with Gasteiger partial charge in [0.2, 0.25) is 0 Å². The number of thioether (sulfide) groups is 1. The summed E-state index contributed by atoms with van der Waals surface area (Å²) in [7, 11) is 1.13. The lowest BCUT2D eigenvalue weighted by Gasteiger charge is -2.11. The van der Waals surface area contributed by atoms with Crippen LogP contribution in [0.2, 0.25) is 0 Å². The van der Waals surface area contributed by atoms with Gasteiger partial charge in [-0.05, 0) is 23.9 Å². The van der Waals surface area contributed by atoms with Gasteiger partial charge in [-0.1, -0.05) is 6.07 Å². The van der Waals surface area contributed by atoms with E-state index < -0.39 is 23.2 Å². The van der Waals surface area contributed by atoms with Gasteiger partial charge >= 0.3 is 11.5 Å². The van der Waals surface area contributed by atoms with Crippen molar-refractivity contribution < 1.29 is 27.8 Å². The first kappa shape index (κ1) is 12.7. The molecular formula is C9H7F3O3S. The van der Waals surface area contributed by atoms with Crippen molar-refractivity contribution in [2.45, 2.75) is 10.4 Å². The van der Waals surface area contributed by atoms with Crippen LogP contribution in [0.1, 0.15) is 10.4 Å². The highest BCUT2D eigenvalue weighted by molar-refractivity contribution is 8.00. The molecule has 0 saturated heterocycles. The van der Waals surface area contributed by atoms with Gasteiger partial charge in [0.25, 0.3) is 0 Å². The third-order valence-electron chi connectivity index (χ3n) is 1.64. The first-order valence-corrected chi connectivity index (χ1v) is 4.83. The Morgan fingerprint density at radius 1 is 1.44 bits per heavy atom. The summed E-state index contributed by atoms with van der Waals surface area (Å²) in [5.74, 6) is -1.61. The molecule has 0 aromatic heterocycles. The number of carboxylic acid groups (broad SMARTS) is 1. The molecular weight excluding hydrogens is 245 g/mol. The SMILES string of the molecule is COc1c(SC(F)(F)F)cccc1C(=O)O. The summed E-state index contributed by atoms with van der Waals surface area (Å²) >= 11 is -0.405. The molecule has 7 heteroatoms. The van der Waals surface area contributed by atoms with Crippen molar-refractivity contribution in [2.24, 2.45) is 0 Å². The zero-order valence-electron chi connectivity index (χ0n) is 8.04. The third kappa shape index (κ3) is 3.06. The molecule has 0 aliphatic carbocycles. The van der Waals surface area contributed by atoms with E-state index in [1.54, 1.807) is 0 Å². The van der Waals surface area contributed by atoms with Crippen molar-refractivity contribution in [3.05, 3.63) is 23.8 Å². The normalized spacial score (nSPS) is 11.2. The second-order valence-electron chi connectivity index (χ2n) is 2.69. The monoisotopic (exact) mass is 252 g/mol. The lowest BCUT2D eigenvalue weighted by molar-refractivity contribution is -0.0329. The van der Waals surface area contributed by atoms with Gasteiger partial charge in [-0.15, -0.1) is 0 Å². The van der Waals surface area contributed by atoms with E-state index in [-0.39, 0.29) is 16.2 Å². The molecule has 3 nitrogen and oxygen atoms in total. The lowest BCUT2D eigenvalue weighted by Crippen LogP contribution is -2.04. The van der Waals surface area contributed by atoms with Gasteiger partial charge in [0.15, 0.2) is 0 Å². The van der Waals surface area contributed by atoms with Crippen LogP contribution in [0.4, 0.5) is 13.2 Å². The van der Waals surface area contributed by atoms with Crippen LogP contribution in [0.25, 0.3) is 0 Å². The second kappa shape index (κ2) is 4.65. The smallest absolute Gasteiger partial charge is 0.446 e. The number of carboxylic acids is 1. The molecule has 0 atom stereocenters. The molecule has 0 unspecified atom stereocenters. The largest absolute Gasteiger partial charge is 0.495 e. The first-order valence-electron chi connectivity index (χ1n) is 4.01. The number of halogens is 3. The number of hydrogen-bond donors (Lipinski definition) is 1. The average molecular weight is 252 g/mol. The molecule has 88 valence electrons. The molecule has 0 amide bonds. The maximum absolute atomic E-state index is 12.2. The van der Waals surface area contributed by atoms with E-state index >= 15 is 0 Å². The lowest BCUT2D eigenvalue weighted by atomic mass is 10.2. The molecule has 0 heterocycles. The topological polar surface area (TPSA) is 46.5 Å². The second-order valence-corrected chi connectivity index (χ2v) is 3.80. The van der Waals surface area contributed by atoms with Crippen LogP contribution in [0.5, 0.6) is 5.75 Å². The van der Waals surface area contributed by atoms with Gasteiger partial charge in [-0.25, -0.2) is 4.79 Å². The van der Waals surface area contributed by atoms with Crippen LogP contribution in [0, 0.1) is 0 Å². The number of ether oxygens (including phenoxy) is 1. The fraction of sp³-hybridized carbons (Fsp3) is 0.222. The number of aromatic carboxylic acids is 1. The van der Waals surface area contributed by atoms with Gasteiger partial charge < -0.3 is 9.84 Å². The van der Waals surface area contributed by atoms with E-state index in [2.05, 4.69) is 4.74 Å². The highest BCUT2D eigenvalue weighted by Crippen LogP contribution is 2.42. The Bertz CT molecular complexity index is 403. The highest BCUT2D eigenvalue weighted by Gasteiger charge is 2.31. The fourth-order valence-electron chi connectivity index (χ4n) is 1.10. The Balaban J connectivity index is 3.19. The maximum atomic E-state index is 12.2. The Morgan fingerprint density at radius 2 is 2.06 bits per heavy atom. The van der Waals surface area contributed by atoms with Crippen LogP contribution in [-0.2, 0) is 0 Å². The van der Waals surface area contributed by atoms with Gasteiger partial charge in [0.1, 0.15) is 11.3 Å². The van der Waals surface area contributed by atoms with Gasteiger partial charge in [0, 0.05) is 0 Å². The van der Waals surface area contributed by atoms with Crippen molar-refractivity contribution in [3.8, 4) is 5.75 Å². The summed E-state index contributed by atoms with van der Waals surface area (Å²) in [6.45, 7) is 0. The van der Waals surface area contributed by atoms with E-state index in [4.69, 9.17) is 5.11 Å². The summed E-state index contributed by atoms with van der Waals surface area (Å²) in [4.78, 5) is 10.5. The van der Waals surface area contributed by atoms with E-state index in [9.17, 15) is 18.0 Å². The van der Waals surface area contributed by atoms with E-state index in [1.165, 1.54) is 12.1 Å². The molecule has 0 fully saturated rings. The molecule has 0 spiro atoms. The minimum Gasteiger partial charge on any atom is -0.495 e. The van der Waals surface area contributed by atoms with Gasteiger partial charge in [-0.2, -0.15) is 13.2 Å². The van der Waals surface area contributed by atoms with Crippen molar-refractivity contribution in [1.82, 2.24) is 0 Å². The molecule has 0 bridgehead atoms. The van der Waals surface area contributed by atoms with Crippen molar-refractivity contribution >= 4 is 17.7 Å². The Morgan fingerprint density at radius 3 is 2.50 bits per heavy atom. The summed E-state index contributed by atoms with van der Waals surface area (Å²) in [5.41, 5.74) is -4.78.